The fourth-order valence-electron chi connectivity index (χ4n) is 2.17. The number of alkyl halides is 1. The summed E-state index contributed by atoms with van der Waals surface area (Å²) < 4.78 is 25.4. The molecule has 0 bridgehead atoms. The average molecular weight is 382 g/mol. The Morgan fingerprint density at radius 1 is 1.24 bits per heavy atom. The molecule has 1 fully saturated rings. The Morgan fingerprint density at radius 2 is 1.88 bits per heavy atom. The lowest BCUT2D eigenvalue weighted by molar-refractivity contribution is 0.203. The molecule has 0 unspecified atom stereocenters. The zero-order valence-electron chi connectivity index (χ0n) is 9.33. The average Bonchev–Trinajstić information content (AvgIpc) is 2.24. The van der Waals surface area contributed by atoms with Gasteiger partial charge in [-0.2, -0.15) is 0 Å². The minimum atomic E-state index is -3.20. The van der Waals surface area contributed by atoms with Gasteiger partial charge < -0.3 is 0 Å². The maximum absolute atomic E-state index is 12.4. The van der Waals surface area contributed by atoms with E-state index in [9.17, 15) is 8.42 Å². The van der Waals surface area contributed by atoms with Crippen molar-refractivity contribution in [3.8, 4) is 0 Å². The molecule has 2 nitrogen and oxygen atoms in total. The molecule has 1 aliphatic rings. The molecule has 2 rings (SSSR count). The van der Waals surface area contributed by atoms with Crippen LogP contribution >= 0.6 is 31.9 Å². The second-order valence-corrected chi connectivity index (χ2v) is 8.05. The Bertz CT molecular complexity index is 501. The number of sulfone groups is 1. The van der Waals surface area contributed by atoms with E-state index in [2.05, 4.69) is 31.9 Å². The third-order valence-corrected chi connectivity index (χ3v) is 7.53. The van der Waals surface area contributed by atoms with Gasteiger partial charge in [-0.15, -0.1) is 0 Å². The summed E-state index contributed by atoms with van der Waals surface area (Å²) in [5.74, 6) is 0.244. The summed E-state index contributed by atoms with van der Waals surface area (Å²) in [6.07, 6.45) is 3.14. The minimum absolute atomic E-state index is 0.0475. The van der Waals surface area contributed by atoms with Gasteiger partial charge in [-0.1, -0.05) is 34.5 Å². The molecule has 1 saturated carbocycles. The highest BCUT2D eigenvalue weighted by molar-refractivity contribution is 9.10. The highest BCUT2D eigenvalue weighted by Gasteiger charge is 2.40. The Morgan fingerprint density at radius 3 is 2.35 bits per heavy atom. The van der Waals surface area contributed by atoms with Crippen LogP contribution in [0.25, 0.3) is 0 Å². The SMILES string of the molecule is O=S(=O)(CC1(CBr)CCC1)c1ccccc1Br. The lowest BCUT2D eigenvalue weighted by Gasteiger charge is -2.40. The van der Waals surface area contributed by atoms with Crippen molar-refractivity contribution in [1.82, 2.24) is 0 Å². The maximum Gasteiger partial charge on any atom is 0.180 e. The Kier molecular flexibility index (Phi) is 4.00. The van der Waals surface area contributed by atoms with E-state index in [1.54, 1.807) is 18.2 Å². The third kappa shape index (κ3) is 2.76. The van der Waals surface area contributed by atoms with Crippen LogP contribution in [0.2, 0.25) is 0 Å². The number of benzene rings is 1. The number of halogens is 2. The number of hydrogen-bond acceptors (Lipinski definition) is 2. The van der Waals surface area contributed by atoms with Crippen molar-refractivity contribution in [2.45, 2.75) is 24.2 Å². The van der Waals surface area contributed by atoms with Crippen LogP contribution in [-0.2, 0) is 9.84 Å². The van der Waals surface area contributed by atoms with Crippen LogP contribution in [0.3, 0.4) is 0 Å². The summed E-state index contributed by atoms with van der Waals surface area (Å²) in [5, 5.41) is 0.768. The molecule has 0 radical (unpaired) electrons. The van der Waals surface area contributed by atoms with E-state index in [1.807, 2.05) is 6.07 Å². The number of hydrogen-bond donors (Lipinski definition) is 0. The lowest BCUT2D eigenvalue weighted by atomic mass is 9.72. The van der Waals surface area contributed by atoms with Crippen molar-refractivity contribution in [2.75, 3.05) is 11.1 Å². The van der Waals surface area contributed by atoms with Crippen molar-refractivity contribution < 1.29 is 8.42 Å². The molecule has 5 heteroatoms. The second-order valence-electron chi connectivity index (χ2n) is 4.68. The highest BCUT2D eigenvalue weighted by Crippen LogP contribution is 2.44. The van der Waals surface area contributed by atoms with Gasteiger partial charge in [0.2, 0.25) is 0 Å². The van der Waals surface area contributed by atoms with Gasteiger partial charge in [0.1, 0.15) is 0 Å². The second kappa shape index (κ2) is 5.02. The highest BCUT2D eigenvalue weighted by atomic mass is 79.9. The van der Waals surface area contributed by atoms with Crippen LogP contribution in [0.15, 0.2) is 33.6 Å². The fraction of sp³-hybridized carbons (Fsp3) is 0.500. The van der Waals surface area contributed by atoms with Crippen LogP contribution in [0.4, 0.5) is 0 Å². The monoisotopic (exact) mass is 380 g/mol. The normalized spacial score (nSPS) is 18.7. The van der Waals surface area contributed by atoms with E-state index in [-0.39, 0.29) is 11.2 Å². The molecule has 1 aromatic carbocycles. The van der Waals surface area contributed by atoms with Gasteiger partial charge in [-0.25, -0.2) is 8.42 Å². The van der Waals surface area contributed by atoms with Crippen LogP contribution < -0.4 is 0 Å². The Balaban J connectivity index is 2.29. The van der Waals surface area contributed by atoms with Crippen molar-refractivity contribution in [2.24, 2.45) is 5.41 Å². The zero-order chi connectivity index (χ0) is 12.5. The first-order valence-corrected chi connectivity index (χ1v) is 9.09. The first-order chi connectivity index (χ1) is 7.99. The summed E-state index contributed by atoms with van der Waals surface area (Å²) in [6, 6.07) is 7.03. The summed E-state index contributed by atoms with van der Waals surface area (Å²) in [7, 11) is -3.20. The molecular formula is C12H14Br2O2S. The van der Waals surface area contributed by atoms with Gasteiger partial charge in [-0.05, 0) is 46.3 Å². The quantitative estimate of drug-likeness (QED) is 0.743. The van der Waals surface area contributed by atoms with Crippen molar-refractivity contribution in [3.63, 3.8) is 0 Å². The topological polar surface area (TPSA) is 34.1 Å². The van der Waals surface area contributed by atoms with Gasteiger partial charge in [0.25, 0.3) is 0 Å². The first-order valence-electron chi connectivity index (χ1n) is 5.52. The van der Waals surface area contributed by atoms with Crippen LogP contribution in [0.5, 0.6) is 0 Å². The van der Waals surface area contributed by atoms with Crippen LogP contribution in [0.1, 0.15) is 19.3 Å². The minimum Gasteiger partial charge on any atom is -0.224 e. The van der Waals surface area contributed by atoms with Gasteiger partial charge >= 0.3 is 0 Å². The molecule has 0 atom stereocenters. The van der Waals surface area contributed by atoms with E-state index in [0.29, 0.717) is 9.37 Å². The summed E-state index contributed by atoms with van der Waals surface area (Å²) in [6.45, 7) is 0. The molecule has 0 N–H and O–H groups in total. The van der Waals surface area contributed by atoms with Gasteiger partial charge in [0.15, 0.2) is 9.84 Å². The predicted octanol–water partition coefficient (Wildman–Crippen LogP) is 3.79. The Hall–Kier alpha value is 0.130. The fourth-order valence-corrected chi connectivity index (χ4v) is 6.22. The largest absolute Gasteiger partial charge is 0.224 e. The summed E-state index contributed by atoms with van der Waals surface area (Å²) >= 11 is 6.76. The Labute approximate surface area is 119 Å². The maximum atomic E-state index is 12.4. The van der Waals surface area contributed by atoms with Crippen molar-refractivity contribution in [1.29, 1.82) is 0 Å². The summed E-state index contributed by atoms with van der Waals surface area (Å²) in [4.78, 5) is 0.409. The third-order valence-electron chi connectivity index (χ3n) is 3.37. The molecule has 0 heterocycles. The molecule has 1 aromatic rings. The van der Waals surface area contributed by atoms with Crippen molar-refractivity contribution >= 4 is 41.7 Å². The van der Waals surface area contributed by atoms with Gasteiger partial charge in [0, 0.05) is 9.80 Å². The van der Waals surface area contributed by atoms with E-state index >= 15 is 0 Å². The molecule has 0 spiro atoms. The predicted molar refractivity (Wildman–Crippen MR) is 76.3 cm³/mol. The molecule has 1 aliphatic carbocycles. The van der Waals surface area contributed by atoms with Crippen molar-refractivity contribution in [3.05, 3.63) is 28.7 Å². The lowest BCUT2D eigenvalue weighted by Crippen LogP contribution is -2.38. The molecule has 17 heavy (non-hydrogen) atoms. The molecular weight excluding hydrogens is 368 g/mol. The molecule has 94 valence electrons. The smallest absolute Gasteiger partial charge is 0.180 e. The van der Waals surface area contributed by atoms with E-state index < -0.39 is 9.84 Å². The van der Waals surface area contributed by atoms with E-state index in [0.717, 1.165) is 24.6 Å². The molecule has 0 saturated heterocycles. The van der Waals surface area contributed by atoms with Crippen LogP contribution in [-0.4, -0.2) is 19.5 Å². The molecule has 0 amide bonds. The standard InChI is InChI=1S/C12H14Br2O2S/c13-8-12(6-3-7-12)9-17(15,16)11-5-2-1-4-10(11)14/h1-2,4-5H,3,6-9H2. The van der Waals surface area contributed by atoms with Gasteiger partial charge in [-0.3, -0.25) is 0 Å². The van der Waals surface area contributed by atoms with E-state index in [1.165, 1.54) is 0 Å². The summed E-state index contributed by atoms with van der Waals surface area (Å²) in [5.41, 5.74) is -0.0475. The van der Waals surface area contributed by atoms with E-state index in [4.69, 9.17) is 0 Å². The van der Waals surface area contributed by atoms with Crippen LogP contribution in [0, 0.1) is 5.41 Å². The first kappa shape index (κ1) is 13.6. The molecule has 0 aromatic heterocycles. The molecule has 0 aliphatic heterocycles. The number of rotatable bonds is 4. The van der Waals surface area contributed by atoms with Gasteiger partial charge in [0.05, 0.1) is 10.6 Å². The zero-order valence-corrected chi connectivity index (χ0v) is 13.3.